The summed E-state index contributed by atoms with van der Waals surface area (Å²) >= 11 is 0. The summed E-state index contributed by atoms with van der Waals surface area (Å²) in [6.07, 6.45) is 0. The summed E-state index contributed by atoms with van der Waals surface area (Å²) in [5.41, 5.74) is 4.08. The molecular formula is C15H25N. The molecule has 0 aliphatic carbocycles. The van der Waals surface area contributed by atoms with Crippen molar-refractivity contribution >= 4 is 10.9 Å². The number of hydrogen-bond donors (Lipinski definition) is 0. The molecule has 0 spiro atoms. The number of nitrogens with zero attached hydrogens (tertiary/aromatic N) is 1. The second-order valence-electron chi connectivity index (χ2n) is 3.29. The Bertz CT molecular complexity index is 385. The van der Waals surface area contributed by atoms with Gasteiger partial charge in [0.05, 0.1) is 0 Å². The molecule has 1 heterocycles. The molecule has 0 fully saturated rings. The van der Waals surface area contributed by atoms with Gasteiger partial charge in [-0.15, -0.1) is 0 Å². The summed E-state index contributed by atoms with van der Waals surface area (Å²) in [6.45, 7) is 12.3. The van der Waals surface area contributed by atoms with Gasteiger partial charge in [-0.05, 0) is 25.5 Å². The molecule has 90 valence electrons. The van der Waals surface area contributed by atoms with Crippen LogP contribution in [0.15, 0.2) is 24.3 Å². The Hall–Kier alpha value is -1.24. The van der Waals surface area contributed by atoms with E-state index in [-0.39, 0.29) is 0 Å². The van der Waals surface area contributed by atoms with Gasteiger partial charge in [0.15, 0.2) is 0 Å². The average molecular weight is 219 g/mol. The highest BCUT2D eigenvalue weighted by Gasteiger charge is 2.05. The van der Waals surface area contributed by atoms with Crippen LogP contribution in [0.1, 0.15) is 39.0 Å². The lowest BCUT2D eigenvalue weighted by atomic mass is 10.2. The molecule has 1 nitrogen and oxygen atoms in total. The third-order valence-corrected chi connectivity index (χ3v) is 2.72. The van der Waals surface area contributed by atoms with Gasteiger partial charge in [0.2, 0.25) is 0 Å². The zero-order valence-electron chi connectivity index (χ0n) is 11.8. The first-order valence-corrected chi connectivity index (χ1v) is 6.22. The van der Waals surface area contributed by atoms with Crippen LogP contribution >= 0.6 is 0 Å². The van der Waals surface area contributed by atoms with Gasteiger partial charge < -0.3 is 4.57 Å². The van der Waals surface area contributed by atoms with Crippen LogP contribution in [0.4, 0.5) is 0 Å². The summed E-state index contributed by atoms with van der Waals surface area (Å²) in [4.78, 5) is 0. The molecule has 0 saturated carbocycles. The maximum atomic E-state index is 2.24. The monoisotopic (exact) mass is 219 g/mol. The van der Waals surface area contributed by atoms with Crippen molar-refractivity contribution in [3.8, 4) is 0 Å². The molecule has 1 aromatic heterocycles. The molecule has 0 bridgehead atoms. The molecule has 0 saturated heterocycles. The molecule has 2 aromatic rings. The summed E-state index contributed by atoms with van der Waals surface area (Å²) in [6, 6.07) is 8.52. The van der Waals surface area contributed by atoms with Crippen LogP contribution in [0.2, 0.25) is 0 Å². The standard InChI is InChI=1S/C11H13N.2C2H6/c1-8-9(2)12(3)11-7-5-4-6-10(8)11;2*1-2/h4-7H,1-3H3;2*1-2H3. The van der Waals surface area contributed by atoms with Crippen LogP contribution in [-0.4, -0.2) is 4.57 Å². The van der Waals surface area contributed by atoms with Crippen molar-refractivity contribution < 1.29 is 0 Å². The zero-order chi connectivity index (χ0) is 12.7. The molecule has 0 unspecified atom stereocenters. The first-order chi connectivity index (χ1) is 7.72. The number of aryl methyl sites for hydroxylation is 2. The van der Waals surface area contributed by atoms with E-state index >= 15 is 0 Å². The Balaban J connectivity index is 0.000000509. The fourth-order valence-corrected chi connectivity index (χ4v) is 1.71. The normalized spacial score (nSPS) is 8.94. The Morgan fingerprint density at radius 1 is 0.875 bits per heavy atom. The summed E-state index contributed by atoms with van der Waals surface area (Å²) in [5, 5.41) is 1.37. The Morgan fingerprint density at radius 3 is 1.88 bits per heavy atom. The molecule has 0 radical (unpaired) electrons. The van der Waals surface area contributed by atoms with E-state index in [1.165, 1.54) is 22.2 Å². The van der Waals surface area contributed by atoms with E-state index in [0.29, 0.717) is 0 Å². The van der Waals surface area contributed by atoms with Gasteiger partial charge in [0, 0.05) is 23.6 Å². The topological polar surface area (TPSA) is 4.93 Å². The maximum absolute atomic E-state index is 2.24. The van der Waals surface area contributed by atoms with E-state index in [1.54, 1.807) is 0 Å². The van der Waals surface area contributed by atoms with E-state index in [9.17, 15) is 0 Å². The number of rotatable bonds is 0. The summed E-state index contributed by atoms with van der Waals surface area (Å²) < 4.78 is 2.24. The van der Waals surface area contributed by atoms with Crippen molar-refractivity contribution in [2.45, 2.75) is 41.5 Å². The van der Waals surface area contributed by atoms with E-state index in [1.807, 2.05) is 27.7 Å². The van der Waals surface area contributed by atoms with Crippen molar-refractivity contribution in [1.29, 1.82) is 0 Å². The highest BCUT2D eigenvalue weighted by Crippen LogP contribution is 2.22. The third kappa shape index (κ3) is 2.66. The van der Waals surface area contributed by atoms with Gasteiger partial charge >= 0.3 is 0 Å². The predicted molar refractivity (Wildman–Crippen MR) is 75.1 cm³/mol. The number of aromatic nitrogens is 1. The minimum atomic E-state index is 1.33. The number of benzene rings is 1. The lowest BCUT2D eigenvalue weighted by molar-refractivity contribution is 0.910. The SMILES string of the molecule is CC.CC.Cc1c(C)n(C)c2ccccc12. The van der Waals surface area contributed by atoms with Crippen LogP contribution in [0, 0.1) is 13.8 Å². The zero-order valence-corrected chi connectivity index (χ0v) is 11.8. The van der Waals surface area contributed by atoms with Crippen molar-refractivity contribution in [3.63, 3.8) is 0 Å². The van der Waals surface area contributed by atoms with Crippen LogP contribution in [-0.2, 0) is 7.05 Å². The van der Waals surface area contributed by atoms with Crippen molar-refractivity contribution in [1.82, 2.24) is 4.57 Å². The van der Waals surface area contributed by atoms with Crippen molar-refractivity contribution in [3.05, 3.63) is 35.5 Å². The second-order valence-corrected chi connectivity index (χ2v) is 3.29. The number of hydrogen-bond acceptors (Lipinski definition) is 0. The molecule has 0 atom stereocenters. The first-order valence-electron chi connectivity index (χ1n) is 6.22. The van der Waals surface area contributed by atoms with Gasteiger partial charge in [-0.2, -0.15) is 0 Å². The maximum Gasteiger partial charge on any atom is 0.0482 e. The van der Waals surface area contributed by atoms with Crippen LogP contribution in [0.3, 0.4) is 0 Å². The minimum Gasteiger partial charge on any atom is -0.348 e. The highest BCUT2D eigenvalue weighted by molar-refractivity contribution is 5.85. The molecule has 0 aliphatic rings. The third-order valence-electron chi connectivity index (χ3n) is 2.72. The number of fused-ring (bicyclic) bond motifs is 1. The van der Waals surface area contributed by atoms with Crippen molar-refractivity contribution in [2.24, 2.45) is 7.05 Å². The highest BCUT2D eigenvalue weighted by atomic mass is 14.9. The van der Waals surface area contributed by atoms with E-state index in [0.717, 1.165) is 0 Å². The average Bonchev–Trinajstić information content (AvgIpc) is 2.60. The molecule has 16 heavy (non-hydrogen) atoms. The molecule has 1 aromatic carbocycles. The fraction of sp³-hybridized carbons (Fsp3) is 0.467. The lowest BCUT2D eigenvalue weighted by Gasteiger charge is -1.96. The molecule has 1 heteroatoms. The Morgan fingerprint density at radius 2 is 1.38 bits per heavy atom. The Kier molecular flexibility index (Phi) is 6.55. The smallest absolute Gasteiger partial charge is 0.0482 e. The van der Waals surface area contributed by atoms with E-state index < -0.39 is 0 Å². The summed E-state index contributed by atoms with van der Waals surface area (Å²) in [7, 11) is 2.12. The van der Waals surface area contributed by atoms with Gasteiger partial charge in [0.25, 0.3) is 0 Å². The molecule has 0 amide bonds. The Labute approximate surface area is 100 Å². The quantitative estimate of drug-likeness (QED) is 0.597. The van der Waals surface area contributed by atoms with Crippen LogP contribution < -0.4 is 0 Å². The molecule has 2 rings (SSSR count). The van der Waals surface area contributed by atoms with Gasteiger partial charge in [0.1, 0.15) is 0 Å². The van der Waals surface area contributed by atoms with Crippen molar-refractivity contribution in [2.75, 3.05) is 0 Å². The van der Waals surface area contributed by atoms with Crippen LogP contribution in [0.5, 0.6) is 0 Å². The predicted octanol–water partition coefficient (Wildman–Crippen LogP) is 4.85. The second kappa shape index (κ2) is 7.10. The fourth-order valence-electron chi connectivity index (χ4n) is 1.71. The van der Waals surface area contributed by atoms with Gasteiger partial charge in [-0.3, -0.25) is 0 Å². The minimum absolute atomic E-state index is 1.33. The lowest BCUT2D eigenvalue weighted by Crippen LogP contribution is -1.89. The molecular weight excluding hydrogens is 194 g/mol. The van der Waals surface area contributed by atoms with Crippen LogP contribution in [0.25, 0.3) is 10.9 Å². The number of para-hydroxylation sites is 1. The molecule has 0 N–H and O–H groups in total. The van der Waals surface area contributed by atoms with E-state index in [4.69, 9.17) is 0 Å². The van der Waals surface area contributed by atoms with Gasteiger partial charge in [-0.1, -0.05) is 45.9 Å². The van der Waals surface area contributed by atoms with E-state index in [2.05, 4.69) is 49.7 Å². The molecule has 0 aliphatic heterocycles. The largest absolute Gasteiger partial charge is 0.348 e. The summed E-state index contributed by atoms with van der Waals surface area (Å²) in [5.74, 6) is 0. The first kappa shape index (κ1) is 14.8. The van der Waals surface area contributed by atoms with Gasteiger partial charge in [-0.25, -0.2) is 0 Å².